The highest BCUT2D eigenvalue weighted by Gasteiger charge is 2.23. The molecule has 0 fully saturated rings. The lowest BCUT2D eigenvalue weighted by Gasteiger charge is -2.23. The molecule has 0 atom stereocenters. The Bertz CT molecular complexity index is 418. The van der Waals surface area contributed by atoms with Crippen LogP contribution in [0.5, 0.6) is 0 Å². The Morgan fingerprint density at radius 2 is 1.94 bits per heavy atom. The monoisotopic (exact) mass is 254 g/mol. The maximum absolute atomic E-state index is 10.9. The molecule has 1 aromatic rings. The molecule has 6 heteroatoms. The minimum Gasteiger partial charge on any atom is -0.370 e. The van der Waals surface area contributed by atoms with Gasteiger partial charge in [0, 0.05) is 17.4 Å². The summed E-state index contributed by atoms with van der Waals surface area (Å²) in [5, 5.41) is 7.11. The van der Waals surface area contributed by atoms with E-state index in [-0.39, 0.29) is 23.3 Å². The van der Waals surface area contributed by atoms with Gasteiger partial charge in [-0.25, -0.2) is 0 Å². The molecule has 0 aliphatic heterocycles. The third kappa shape index (κ3) is 4.44. The number of amides is 1. The lowest BCUT2D eigenvalue weighted by molar-refractivity contribution is -0.119. The molecule has 1 aromatic heterocycles. The molecule has 18 heavy (non-hydrogen) atoms. The van der Waals surface area contributed by atoms with Crippen molar-refractivity contribution < 1.29 is 9.32 Å². The fraction of sp³-hybridized carbons (Fsp3) is 0.750. The van der Waals surface area contributed by atoms with Crippen LogP contribution in [0.25, 0.3) is 0 Å². The summed E-state index contributed by atoms with van der Waals surface area (Å²) in [5.74, 6) is 0.845. The number of nitrogens with zero attached hydrogens (tertiary/aromatic N) is 2. The van der Waals surface area contributed by atoms with E-state index < -0.39 is 0 Å². The van der Waals surface area contributed by atoms with Gasteiger partial charge in [0.2, 0.25) is 11.8 Å². The van der Waals surface area contributed by atoms with E-state index >= 15 is 0 Å². The van der Waals surface area contributed by atoms with Crippen LogP contribution in [0.3, 0.4) is 0 Å². The van der Waals surface area contributed by atoms with Crippen molar-refractivity contribution in [1.29, 1.82) is 0 Å². The summed E-state index contributed by atoms with van der Waals surface area (Å²) in [6.07, 6.45) is 0.257. The fourth-order valence-electron chi connectivity index (χ4n) is 1.44. The van der Waals surface area contributed by atoms with E-state index in [2.05, 4.69) is 15.5 Å². The molecule has 102 valence electrons. The Morgan fingerprint density at radius 3 is 2.39 bits per heavy atom. The zero-order valence-electron chi connectivity index (χ0n) is 11.7. The first kappa shape index (κ1) is 14.6. The molecule has 0 saturated carbocycles. The van der Waals surface area contributed by atoms with Gasteiger partial charge in [-0.1, -0.05) is 25.9 Å². The molecular weight excluding hydrogens is 232 g/mol. The largest absolute Gasteiger partial charge is 0.370 e. The van der Waals surface area contributed by atoms with E-state index in [4.69, 9.17) is 10.3 Å². The average molecular weight is 254 g/mol. The molecule has 6 nitrogen and oxygen atoms in total. The van der Waals surface area contributed by atoms with Gasteiger partial charge in [0.1, 0.15) is 0 Å². The predicted octanol–water partition coefficient (Wildman–Crippen LogP) is 1.11. The van der Waals surface area contributed by atoms with Gasteiger partial charge in [-0.05, 0) is 13.8 Å². The van der Waals surface area contributed by atoms with Crippen molar-refractivity contribution in [2.45, 2.75) is 58.5 Å². The van der Waals surface area contributed by atoms with Crippen molar-refractivity contribution in [3.05, 3.63) is 11.7 Å². The van der Waals surface area contributed by atoms with Gasteiger partial charge in [-0.2, -0.15) is 4.98 Å². The normalized spacial score (nSPS) is 12.7. The molecule has 0 bridgehead atoms. The van der Waals surface area contributed by atoms with Gasteiger partial charge >= 0.3 is 0 Å². The molecule has 3 N–H and O–H groups in total. The van der Waals surface area contributed by atoms with Crippen LogP contribution < -0.4 is 11.1 Å². The second-order valence-electron chi connectivity index (χ2n) is 6.14. The van der Waals surface area contributed by atoms with Gasteiger partial charge in [0.15, 0.2) is 5.82 Å². The van der Waals surface area contributed by atoms with Crippen LogP contribution >= 0.6 is 0 Å². The Labute approximate surface area is 107 Å². The van der Waals surface area contributed by atoms with Crippen molar-refractivity contribution in [2.75, 3.05) is 0 Å². The van der Waals surface area contributed by atoms with Crippen molar-refractivity contribution in [3.8, 4) is 0 Å². The molecule has 0 aromatic carbocycles. The zero-order valence-corrected chi connectivity index (χ0v) is 11.7. The summed E-state index contributed by atoms with van der Waals surface area (Å²) in [4.78, 5) is 15.2. The Hall–Kier alpha value is -1.43. The van der Waals surface area contributed by atoms with Crippen molar-refractivity contribution in [1.82, 2.24) is 15.5 Å². The Kier molecular flexibility index (Phi) is 4.11. The maximum Gasteiger partial charge on any atom is 0.240 e. The maximum atomic E-state index is 10.9. The summed E-state index contributed by atoms with van der Waals surface area (Å²) in [6, 6.07) is 0. The number of nitrogens with one attached hydrogen (secondary N) is 1. The first-order valence-corrected chi connectivity index (χ1v) is 5.96. The first-order chi connectivity index (χ1) is 8.10. The van der Waals surface area contributed by atoms with Gasteiger partial charge in [0.05, 0.1) is 6.54 Å². The van der Waals surface area contributed by atoms with Gasteiger partial charge in [0.25, 0.3) is 0 Å². The minimum absolute atomic E-state index is 0.134. The molecule has 0 unspecified atom stereocenters. The van der Waals surface area contributed by atoms with E-state index in [1.807, 2.05) is 34.6 Å². The van der Waals surface area contributed by atoms with Crippen LogP contribution in [0.2, 0.25) is 0 Å². The van der Waals surface area contributed by atoms with Gasteiger partial charge in [-0.15, -0.1) is 0 Å². The molecule has 1 amide bonds. The summed E-state index contributed by atoms with van der Waals surface area (Å²) in [6.45, 7) is 10.3. The highest BCUT2D eigenvalue weighted by Crippen LogP contribution is 2.18. The van der Waals surface area contributed by atoms with E-state index in [1.165, 1.54) is 0 Å². The first-order valence-electron chi connectivity index (χ1n) is 5.96. The molecule has 1 heterocycles. The fourth-order valence-corrected chi connectivity index (χ4v) is 1.44. The number of carbonyl (C=O) groups is 1. The van der Waals surface area contributed by atoms with Gasteiger partial charge in [-0.3, -0.25) is 4.79 Å². The van der Waals surface area contributed by atoms with Crippen molar-refractivity contribution in [3.63, 3.8) is 0 Å². The third-order valence-corrected chi connectivity index (χ3v) is 2.47. The van der Waals surface area contributed by atoms with E-state index in [0.29, 0.717) is 18.3 Å². The smallest absolute Gasteiger partial charge is 0.240 e. The highest BCUT2D eigenvalue weighted by molar-refractivity contribution is 5.74. The number of primary amides is 1. The molecular formula is C12H22N4O2. The summed E-state index contributed by atoms with van der Waals surface area (Å²) >= 11 is 0. The van der Waals surface area contributed by atoms with Gasteiger partial charge < -0.3 is 15.6 Å². The number of hydrogen-bond donors (Lipinski definition) is 2. The van der Waals surface area contributed by atoms with Crippen LogP contribution in [0.15, 0.2) is 4.52 Å². The van der Waals surface area contributed by atoms with Crippen LogP contribution in [-0.4, -0.2) is 21.6 Å². The zero-order chi connectivity index (χ0) is 14.0. The third-order valence-electron chi connectivity index (χ3n) is 2.47. The highest BCUT2D eigenvalue weighted by atomic mass is 16.5. The molecule has 0 aliphatic carbocycles. The number of rotatable bonds is 5. The Balaban J connectivity index is 2.59. The number of nitrogens with two attached hydrogens (primary N) is 1. The lowest BCUT2D eigenvalue weighted by Crippen LogP contribution is -2.42. The molecule has 1 rings (SSSR count). The summed E-state index contributed by atoms with van der Waals surface area (Å²) in [7, 11) is 0. The standard InChI is InChI=1S/C12H22N4O2/c1-11(2,3)10-15-9(18-16-10)7-14-12(4,5)6-8(13)17/h14H,6-7H2,1-5H3,(H2,13,17). The second kappa shape index (κ2) is 5.06. The van der Waals surface area contributed by atoms with E-state index in [9.17, 15) is 4.79 Å². The summed E-state index contributed by atoms with van der Waals surface area (Å²) < 4.78 is 5.15. The molecule has 0 saturated heterocycles. The van der Waals surface area contributed by atoms with Crippen molar-refractivity contribution in [2.24, 2.45) is 5.73 Å². The average Bonchev–Trinajstić information content (AvgIpc) is 2.60. The van der Waals surface area contributed by atoms with Crippen LogP contribution in [-0.2, 0) is 16.8 Å². The van der Waals surface area contributed by atoms with E-state index in [0.717, 1.165) is 0 Å². The minimum atomic E-state index is -0.387. The molecule has 0 radical (unpaired) electrons. The van der Waals surface area contributed by atoms with E-state index in [1.54, 1.807) is 0 Å². The molecule has 0 aliphatic rings. The van der Waals surface area contributed by atoms with Crippen LogP contribution in [0.1, 0.15) is 52.8 Å². The predicted molar refractivity (Wildman–Crippen MR) is 67.7 cm³/mol. The summed E-state index contributed by atoms with van der Waals surface area (Å²) in [5.41, 5.74) is 4.66. The number of aromatic nitrogens is 2. The van der Waals surface area contributed by atoms with Crippen LogP contribution in [0.4, 0.5) is 0 Å². The second-order valence-corrected chi connectivity index (χ2v) is 6.14. The van der Waals surface area contributed by atoms with Crippen LogP contribution in [0, 0.1) is 0 Å². The molecule has 0 spiro atoms. The topological polar surface area (TPSA) is 94.0 Å². The quantitative estimate of drug-likeness (QED) is 0.821. The SMILES string of the molecule is CC(C)(CC(N)=O)NCc1nc(C(C)(C)C)no1. The Morgan fingerprint density at radius 1 is 1.33 bits per heavy atom. The lowest BCUT2D eigenvalue weighted by atomic mass is 9.96. The number of hydrogen-bond acceptors (Lipinski definition) is 5. The number of carbonyl (C=O) groups excluding carboxylic acids is 1. The van der Waals surface area contributed by atoms with Crippen molar-refractivity contribution >= 4 is 5.91 Å².